The van der Waals surface area contributed by atoms with E-state index >= 15 is 0 Å². The topological polar surface area (TPSA) is 62.2 Å². The first kappa shape index (κ1) is 22.0. The molecular formula is C18H31ClN2O4. The number of aliphatic hydroxyl groups is 1. The number of halogens is 1. The van der Waals surface area contributed by atoms with E-state index in [4.69, 9.17) is 15.9 Å². The van der Waals surface area contributed by atoms with E-state index in [0.717, 1.165) is 38.8 Å². The first-order valence-corrected chi connectivity index (χ1v) is 9.02. The molecule has 7 heteroatoms. The fraction of sp³-hybridized carbons (Fsp3) is 0.833. The highest BCUT2D eigenvalue weighted by Gasteiger charge is 2.32. The van der Waals surface area contributed by atoms with Gasteiger partial charge in [-0.15, -0.1) is 18.8 Å². The van der Waals surface area contributed by atoms with Gasteiger partial charge >= 0.3 is 6.09 Å². The van der Waals surface area contributed by atoms with Gasteiger partial charge in [0.1, 0.15) is 5.60 Å². The second kappa shape index (κ2) is 10.9. The van der Waals surface area contributed by atoms with Gasteiger partial charge in [0.05, 0.1) is 19.3 Å². The van der Waals surface area contributed by atoms with Crippen molar-refractivity contribution in [3.63, 3.8) is 0 Å². The van der Waals surface area contributed by atoms with Gasteiger partial charge < -0.3 is 19.5 Å². The van der Waals surface area contributed by atoms with Crippen LogP contribution >= 0.6 is 12.4 Å². The fourth-order valence-corrected chi connectivity index (χ4v) is 3.39. The van der Waals surface area contributed by atoms with Crippen LogP contribution in [-0.4, -0.2) is 78.6 Å². The number of terminal acetylenes is 1. The molecule has 25 heavy (non-hydrogen) atoms. The Morgan fingerprint density at radius 1 is 1.24 bits per heavy atom. The minimum atomic E-state index is -0.564. The number of piperazine rings is 1. The summed E-state index contributed by atoms with van der Waals surface area (Å²) < 4.78 is 10.9. The summed E-state index contributed by atoms with van der Waals surface area (Å²) in [5, 5.41) is 10.3. The van der Waals surface area contributed by atoms with Crippen LogP contribution in [0.5, 0.6) is 0 Å². The van der Waals surface area contributed by atoms with E-state index in [1.807, 2.05) is 0 Å². The van der Waals surface area contributed by atoms with Crippen molar-refractivity contribution < 1.29 is 19.4 Å². The highest BCUT2D eigenvalue weighted by Crippen LogP contribution is 2.31. The lowest BCUT2D eigenvalue weighted by Gasteiger charge is -2.36. The average molecular weight is 375 g/mol. The lowest BCUT2D eigenvalue weighted by molar-refractivity contribution is -0.0713. The third-order valence-corrected chi connectivity index (χ3v) is 4.84. The zero-order valence-electron chi connectivity index (χ0n) is 15.1. The maximum Gasteiger partial charge on any atom is 0.409 e. The summed E-state index contributed by atoms with van der Waals surface area (Å²) in [4.78, 5) is 15.5. The summed E-state index contributed by atoms with van der Waals surface area (Å²) in [5.41, 5.74) is -0.484. The predicted molar refractivity (Wildman–Crippen MR) is 98.9 cm³/mol. The number of ether oxygens (including phenoxy) is 2. The molecule has 1 N–H and O–H groups in total. The molecule has 144 valence electrons. The molecule has 0 aromatic rings. The Labute approximate surface area is 157 Å². The summed E-state index contributed by atoms with van der Waals surface area (Å²) in [7, 11) is 0. The van der Waals surface area contributed by atoms with Crippen LogP contribution in [0.1, 0.15) is 39.0 Å². The maximum atomic E-state index is 11.7. The van der Waals surface area contributed by atoms with E-state index in [0.29, 0.717) is 26.2 Å². The SMILES string of the molecule is C#CC1(OCC(O)CN2CCN(C(=O)OCC)CC2)CCCCC1.Cl. The summed E-state index contributed by atoms with van der Waals surface area (Å²) in [6, 6.07) is 0. The van der Waals surface area contributed by atoms with Crippen LogP contribution in [0.2, 0.25) is 0 Å². The molecule has 0 aromatic heterocycles. The minimum absolute atomic E-state index is 0. The van der Waals surface area contributed by atoms with Crippen molar-refractivity contribution in [2.75, 3.05) is 45.9 Å². The van der Waals surface area contributed by atoms with Gasteiger partial charge in [-0.25, -0.2) is 4.79 Å². The van der Waals surface area contributed by atoms with Crippen molar-refractivity contribution >= 4 is 18.5 Å². The van der Waals surface area contributed by atoms with E-state index in [1.165, 1.54) is 6.42 Å². The normalized spacial score (nSPS) is 21.7. The Hall–Kier alpha value is -1.00. The van der Waals surface area contributed by atoms with Gasteiger partial charge in [-0.2, -0.15) is 0 Å². The van der Waals surface area contributed by atoms with Gasteiger partial charge in [-0.3, -0.25) is 4.90 Å². The number of aliphatic hydroxyl groups excluding tert-OH is 1. The largest absolute Gasteiger partial charge is 0.450 e. The number of carbonyl (C=O) groups is 1. The van der Waals surface area contributed by atoms with Crippen LogP contribution < -0.4 is 0 Å². The molecule has 1 aliphatic carbocycles. The molecule has 6 nitrogen and oxygen atoms in total. The highest BCUT2D eigenvalue weighted by molar-refractivity contribution is 5.85. The Morgan fingerprint density at radius 3 is 2.44 bits per heavy atom. The standard InChI is InChI=1S/C18H30N2O4.ClH/c1-3-18(8-6-5-7-9-18)24-15-16(21)14-19-10-12-20(13-11-19)17(22)23-4-2;/h1,16,21H,4-15H2,2H3;1H. The third-order valence-electron chi connectivity index (χ3n) is 4.84. The molecule has 1 saturated heterocycles. The molecule has 1 amide bonds. The van der Waals surface area contributed by atoms with Crippen LogP contribution in [0.25, 0.3) is 0 Å². The van der Waals surface area contributed by atoms with Crippen LogP contribution in [0.3, 0.4) is 0 Å². The molecule has 1 heterocycles. The van der Waals surface area contributed by atoms with Crippen molar-refractivity contribution in [2.24, 2.45) is 0 Å². The van der Waals surface area contributed by atoms with Gasteiger partial charge in [0, 0.05) is 32.7 Å². The van der Waals surface area contributed by atoms with Gasteiger partial charge in [0.15, 0.2) is 0 Å². The lowest BCUT2D eigenvalue weighted by Crippen LogP contribution is -2.51. The average Bonchev–Trinajstić information content (AvgIpc) is 2.61. The fourth-order valence-electron chi connectivity index (χ4n) is 3.39. The summed E-state index contributed by atoms with van der Waals surface area (Å²) in [5.74, 6) is 2.80. The molecule has 0 bridgehead atoms. The molecule has 1 atom stereocenters. The second-order valence-corrected chi connectivity index (χ2v) is 6.65. The van der Waals surface area contributed by atoms with Crippen molar-refractivity contribution in [1.29, 1.82) is 0 Å². The van der Waals surface area contributed by atoms with E-state index in [1.54, 1.807) is 11.8 Å². The van der Waals surface area contributed by atoms with Crippen molar-refractivity contribution in [3.8, 4) is 12.3 Å². The molecule has 1 aliphatic heterocycles. The number of amides is 1. The Morgan fingerprint density at radius 2 is 1.88 bits per heavy atom. The number of nitrogens with zero attached hydrogens (tertiary/aromatic N) is 2. The van der Waals surface area contributed by atoms with Crippen LogP contribution in [0, 0.1) is 12.3 Å². The molecule has 0 radical (unpaired) electrons. The summed E-state index contributed by atoms with van der Waals surface area (Å²) in [6.45, 7) is 5.72. The van der Waals surface area contributed by atoms with Crippen molar-refractivity contribution in [2.45, 2.75) is 50.7 Å². The highest BCUT2D eigenvalue weighted by atomic mass is 35.5. The molecule has 0 spiro atoms. The molecular weight excluding hydrogens is 344 g/mol. The van der Waals surface area contributed by atoms with Crippen LogP contribution in [0.4, 0.5) is 4.79 Å². The number of rotatable bonds is 6. The van der Waals surface area contributed by atoms with Gasteiger partial charge in [0.2, 0.25) is 0 Å². The smallest absolute Gasteiger partial charge is 0.409 e. The molecule has 2 aliphatic rings. The lowest BCUT2D eigenvalue weighted by atomic mass is 9.85. The summed E-state index contributed by atoms with van der Waals surface area (Å²) >= 11 is 0. The number of hydrogen-bond donors (Lipinski definition) is 1. The van der Waals surface area contributed by atoms with E-state index in [9.17, 15) is 9.90 Å². The van der Waals surface area contributed by atoms with Gasteiger partial charge in [-0.1, -0.05) is 12.3 Å². The van der Waals surface area contributed by atoms with Gasteiger partial charge in [0.25, 0.3) is 0 Å². The maximum absolute atomic E-state index is 11.7. The first-order valence-electron chi connectivity index (χ1n) is 9.02. The monoisotopic (exact) mass is 374 g/mol. The number of carbonyl (C=O) groups excluding carboxylic acids is 1. The van der Waals surface area contributed by atoms with E-state index < -0.39 is 11.7 Å². The third kappa shape index (κ3) is 6.67. The zero-order chi connectivity index (χ0) is 17.4. The predicted octanol–water partition coefficient (Wildman–Crippen LogP) is 1.90. The zero-order valence-corrected chi connectivity index (χ0v) is 15.9. The molecule has 1 saturated carbocycles. The second-order valence-electron chi connectivity index (χ2n) is 6.65. The molecule has 0 aromatic carbocycles. The number of hydrogen-bond acceptors (Lipinski definition) is 5. The Bertz CT molecular complexity index is 441. The molecule has 2 rings (SSSR count). The molecule has 1 unspecified atom stereocenters. The van der Waals surface area contributed by atoms with Gasteiger partial charge in [-0.05, 0) is 32.6 Å². The minimum Gasteiger partial charge on any atom is -0.450 e. The van der Waals surface area contributed by atoms with Crippen LogP contribution in [0.15, 0.2) is 0 Å². The number of β-amino-alcohol motifs (C(OH)–C–C–N with tert-alkyl or cyclic N) is 1. The Balaban J connectivity index is 0.00000312. The van der Waals surface area contributed by atoms with E-state index in [-0.39, 0.29) is 25.1 Å². The van der Waals surface area contributed by atoms with E-state index in [2.05, 4.69) is 10.8 Å². The van der Waals surface area contributed by atoms with Crippen molar-refractivity contribution in [3.05, 3.63) is 0 Å². The quantitative estimate of drug-likeness (QED) is 0.719. The summed E-state index contributed by atoms with van der Waals surface area (Å²) in [6.07, 6.45) is 10.0. The van der Waals surface area contributed by atoms with Crippen molar-refractivity contribution in [1.82, 2.24) is 9.80 Å². The Kier molecular flexibility index (Phi) is 9.58. The molecule has 2 fully saturated rings. The van der Waals surface area contributed by atoms with Crippen LogP contribution in [-0.2, 0) is 9.47 Å². The first-order chi connectivity index (χ1) is 11.6.